The summed E-state index contributed by atoms with van der Waals surface area (Å²) in [6.45, 7) is 0.555. The van der Waals surface area contributed by atoms with E-state index < -0.39 is 23.8 Å². The zero-order valence-electron chi connectivity index (χ0n) is 21.1. The molecule has 3 aromatic carbocycles. The van der Waals surface area contributed by atoms with Crippen LogP contribution >= 0.6 is 0 Å². The Kier molecular flexibility index (Phi) is 6.22. The summed E-state index contributed by atoms with van der Waals surface area (Å²) in [6, 6.07) is 17.6. The van der Waals surface area contributed by atoms with Gasteiger partial charge in [0.25, 0.3) is 5.91 Å². The van der Waals surface area contributed by atoms with Gasteiger partial charge in [0, 0.05) is 32.2 Å². The molecule has 0 N–H and O–H groups in total. The third kappa shape index (κ3) is 4.58. The number of carbonyl (C=O) groups is 1. The molecule has 1 amide bonds. The number of nitrogens with zero attached hydrogens (tertiary/aromatic N) is 5. The number of amides is 1. The highest BCUT2D eigenvalue weighted by Gasteiger charge is 2.41. The predicted molar refractivity (Wildman–Crippen MR) is 139 cm³/mol. The molecule has 1 fully saturated rings. The Bertz CT molecular complexity index is 1550. The van der Waals surface area contributed by atoms with Gasteiger partial charge in [-0.25, -0.2) is 4.39 Å². The SMILES string of the molecule is Cn1cnnc1-c1c(-c2ccccc2)cccc1N1Cc2c(cc(CN3CC[C@H](F)C3)cc2C(F)(F)F)C1=O. The maximum Gasteiger partial charge on any atom is 0.416 e. The maximum absolute atomic E-state index is 14.3. The van der Waals surface area contributed by atoms with Crippen molar-refractivity contribution in [1.29, 1.82) is 0 Å². The number of alkyl halides is 4. The van der Waals surface area contributed by atoms with Gasteiger partial charge in [0.2, 0.25) is 0 Å². The number of halogens is 4. The number of benzene rings is 3. The molecule has 1 saturated heterocycles. The fraction of sp³-hybridized carbons (Fsp3) is 0.276. The van der Waals surface area contributed by atoms with Crippen LogP contribution in [0.2, 0.25) is 0 Å². The van der Waals surface area contributed by atoms with Crippen molar-refractivity contribution >= 4 is 11.6 Å². The first-order chi connectivity index (χ1) is 18.7. The topological polar surface area (TPSA) is 54.3 Å². The summed E-state index contributed by atoms with van der Waals surface area (Å²) in [5, 5.41) is 8.27. The van der Waals surface area contributed by atoms with Crippen molar-refractivity contribution in [3.63, 3.8) is 0 Å². The van der Waals surface area contributed by atoms with Gasteiger partial charge in [-0.1, -0.05) is 42.5 Å². The minimum Gasteiger partial charge on any atom is -0.317 e. The second kappa shape index (κ2) is 9.60. The quantitative estimate of drug-likeness (QED) is 0.300. The number of hydrogen-bond donors (Lipinski definition) is 0. The molecule has 0 aliphatic carbocycles. The molecule has 1 aromatic heterocycles. The maximum atomic E-state index is 14.3. The lowest BCUT2D eigenvalue weighted by molar-refractivity contribution is -0.138. The smallest absolute Gasteiger partial charge is 0.317 e. The van der Waals surface area contributed by atoms with E-state index >= 15 is 0 Å². The van der Waals surface area contributed by atoms with Gasteiger partial charge in [-0.05, 0) is 46.9 Å². The molecule has 3 heterocycles. The number of hydrogen-bond acceptors (Lipinski definition) is 4. The minimum atomic E-state index is -4.65. The standard InChI is InChI=1S/C29H25F4N5O/c1-36-17-34-35-27(36)26-21(19-6-3-2-4-7-19)8-5-9-25(26)38-16-23-22(28(38)39)12-18(13-24(23)29(31,32)33)14-37-11-10-20(30)15-37/h2-9,12-13,17,20H,10-11,14-16H2,1H3/t20-/m0/s1. The van der Waals surface area contributed by atoms with E-state index in [1.54, 1.807) is 28.6 Å². The summed E-state index contributed by atoms with van der Waals surface area (Å²) in [6.07, 6.45) is -3.75. The van der Waals surface area contributed by atoms with E-state index in [0.717, 1.165) is 17.2 Å². The van der Waals surface area contributed by atoms with E-state index in [1.165, 1.54) is 17.3 Å². The lowest BCUT2D eigenvalue weighted by atomic mass is 9.97. The molecule has 2 aliphatic heterocycles. The Morgan fingerprint density at radius 2 is 1.82 bits per heavy atom. The molecular formula is C29H25F4N5O. The van der Waals surface area contributed by atoms with Gasteiger partial charge in [0.1, 0.15) is 12.5 Å². The molecular weight excluding hydrogens is 510 g/mol. The lowest BCUT2D eigenvalue weighted by Gasteiger charge is -2.22. The van der Waals surface area contributed by atoms with Crippen LogP contribution in [0, 0.1) is 0 Å². The van der Waals surface area contributed by atoms with Crippen molar-refractivity contribution in [2.75, 3.05) is 18.0 Å². The first kappa shape index (κ1) is 25.2. The molecule has 2 aliphatic rings. The molecule has 0 bridgehead atoms. The average molecular weight is 536 g/mol. The van der Waals surface area contributed by atoms with Crippen LogP contribution < -0.4 is 4.90 Å². The van der Waals surface area contributed by atoms with Gasteiger partial charge in [0.15, 0.2) is 5.82 Å². The number of anilines is 1. The second-order valence-electron chi connectivity index (χ2n) is 10.0. The van der Waals surface area contributed by atoms with Crippen LogP contribution in [0.4, 0.5) is 23.2 Å². The third-order valence-electron chi connectivity index (χ3n) is 7.38. The molecule has 39 heavy (non-hydrogen) atoms. The summed E-state index contributed by atoms with van der Waals surface area (Å²) >= 11 is 0. The molecule has 0 unspecified atom stereocenters. The fourth-order valence-corrected chi connectivity index (χ4v) is 5.56. The van der Waals surface area contributed by atoms with Crippen LogP contribution in [0.25, 0.3) is 22.5 Å². The largest absolute Gasteiger partial charge is 0.416 e. The Morgan fingerprint density at radius 3 is 2.49 bits per heavy atom. The first-order valence-electron chi connectivity index (χ1n) is 12.6. The number of likely N-dealkylation sites (tertiary alicyclic amines) is 1. The number of fused-ring (bicyclic) bond motifs is 1. The summed E-state index contributed by atoms with van der Waals surface area (Å²) in [5.41, 5.74) is 2.17. The highest BCUT2D eigenvalue weighted by molar-refractivity contribution is 6.13. The van der Waals surface area contributed by atoms with Gasteiger partial charge in [-0.2, -0.15) is 13.2 Å². The highest BCUT2D eigenvalue weighted by atomic mass is 19.4. The lowest BCUT2D eigenvalue weighted by Crippen LogP contribution is -2.24. The van der Waals surface area contributed by atoms with Crippen LogP contribution in [-0.2, 0) is 26.3 Å². The number of aryl methyl sites for hydroxylation is 1. The van der Waals surface area contributed by atoms with Crippen molar-refractivity contribution in [2.45, 2.75) is 31.9 Å². The van der Waals surface area contributed by atoms with Crippen LogP contribution in [0.3, 0.4) is 0 Å². The molecule has 0 saturated carbocycles. The molecule has 0 spiro atoms. The van der Waals surface area contributed by atoms with Crippen molar-refractivity contribution in [1.82, 2.24) is 19.7 Å². The van der Waals surface area contributed by atoms with Crippen LogP contribution in [-0.4, -0.2) is 44.8 Å². The number of rotatable bonds is 5. The number of carbonyl (C=O) groups excluding carboxylic acids is 1. The van der Waals surface area contributed by atoms with Crippen LogP contribution in [0.15, 0.2) is 67.0 Å². The van der Waals surface area contributed by atoms with E-state index in [4.69, 9.17) is 0 Å². The Hall–Kier alpha value is -4.05. The minimum absolute atomic E-state index is 0.0184. The summed E-state index contributed by atoms with van der Waals surface area (Å²) in [7, 11) is 1.77. The van der Waals surface area contributed by atoms with Crippen LogP contribution in [0.1, 0.15) is 33.5 Å². The molecule has 4 aromatic rings. The van der Waals surface area contributed by atoms with E-state index in [-0.39, 0.29) is 30.8 Å². The van der Waals surface area contributed by atoms with Gasteiger partial charge in [-0.3, -0.25) is 9.69 Å². The Labute approximate surface area is 222 Å². The third-order valence-corrected chi connectivity index (χ3v) is 7.38. The predicted octanol–water partition coefficient (Wildman–Crippen LogP) is 5.87. The highest BCUT2D eigenvalue weighted by Crippen LogP contribution is 2.44. The van der Waals surface area contributed by atoms with Crippen molar-refractivity contribution in [2.24, 2.45) is 7.05 Å². The molecule has 1 atom stereocenters. The average Bonchev–Trinajstić information content (AvgIpc) is 3.62. The summed E-state index contributed by atoms with van der Waals surface area (Å²) < 4.78 is 58.2. The zero-order chi connectivity index (χ0) is 27.3. The van der Waals surface area contributed by atoms with Gasteiger partial charge in [0.05, 0.1) is 23.4 Å². The van der Waals surface area contributed by atoms with Crippen LogP contribution in [0.5, 0.6) is 0 Å². The molecule has 6 rings (SSSR count). The zero-order valence-corrected chi connectivity index (χ0v) is 21.1. The van der Waals surface area contributed by atoms with Crippen molar-refractivity contribution < 1.29 is 22.4 Å². The molecule has 10 heteroatoms. The fourth-order valence-electron chi connectivity index (χ4n) is 5.56. The van der Waals surface area contributed by atoms with Gasteiger partial charge in [-0.15, -0.1) is 10.2 Å². The molecule has 0 radical (unpaired) electrons. The molecule has 200 valence electrons. The normalized spacial score (nSPS) is 17.7. The summed E-state index contributed by atoms with van der Waals surface area (Å²) in [4.78, 5) is 17.0. The monoisotopic (exact) mass is 535 g/mol. The first-order valence-corrected chi connectivity index (χ1v) is 12.6. The summed E-state index contributed by atoms with van der Waals surface area (Å²) in [5.74, 6) is -0.0319. The van der Waals surface area contributed by atoms with Gasteiger partial charge < -0.3 is 9.47 Å². The van der Waals surface area contributed by atoms with Crippen molar-refractivity contribution in [3.05, 3.63) is 89.2 Å². The molecule has 6 nitrogen and oxygen atoms in total. The second-order valence-corrected chi connectivity index (χ2v) is 10.0. The van der Waals surface area contributed by atoms with E-state index in [2.05, 4.69) is 10.2 Å². The van der Waals surface area contributed by atoms with Crippen molar-refractivity contribution in [3.8, 4) is 22.5 Å². The Morgan fingerprint density at radius 1 is 1.03 bits per heavy atom. The van der Waals surface area contributed by atoms with E-state index in [9.17, 15) is 22.4 Å². The van der Waals surface area contributed by atoms with E-state index in [0.29, 0.717) is 35.6 Å². The Balaban J connectivity index is 1.47. The van der Waals surface area contributed by atoms with Gasteiger partial charge >= 0.3 is 6.18 Å². The van der Waals surface area contributed by atoms with E-state index in [1.807, 2.05) is 36.4 Å². The number of aromatic nitrogens is 3.